The quantitative estimate of drug-likeness (QED) is 0.266. The molecule has 0 N–H and O–H groups in total. The van der Waals surface area contributed by atoms with E-state index in [0.29, 0.717) is 32.2 Å². The summed E-state index contributed by atoms with van der Waals surface area (Å²) in [5.74, 6) is 0. The first-order valence-corrected chi connectivity index (χ1v) is 11.0. The number of halogens is 4. The van der Waals surface area contributed by atoms with Gasteiger partial charge in [-0.3, -0.25) is 0 Å². The van der Waals surface area contributed by atoms with Crippen molar-refractivity contribution in [1.29, 1.82) is 5.26 Å². The maximum atomic E-state index is 9.83. The van der Waals surface area contributed by atoms with E-state index < -0.39 is 0 Å². The Morgan fingerprint density at radius 2 is 1.58 bits per heavy atom. The van der Waals surface area contributed by atoms with Crippen molar-refractivity contribution in [2.45, 2.75) is 13.5 Å². The number of para-hydroxylation sites is 1. The predicted molar refractivity (Wildman–Crippen MR) is 132 cm³/mol. The van der Waals surface area contributed by atoms with Crippen LogP contribution in [0.5, 0.6) is 0 Å². The fraction of sp³-hybridized carbons (Fsp3) is 0.0800. The van der Waals surface area contributed by atoms with Crippen LogP contribution in [-0.4, -0.2) is 4.57 Å². The molecule has 2 nitrogen and oxygen atoms in total. The van der Waals surface area contributed by atoms with Gasteiger partial charge >= 0.3 is 0 Å². The van der Waals surface area contributed by atoms with Gasteiger partial charge in [-0.05, 0) is 54.5 Å². The number of nitrogens with zero attached hydrogens (tertiary/aromatic N) is 2. The highest BCUT2D eigenvalue weighted by Crippen LogP contribution is 2.32. The van der Waals surface area contributed by atoms with Gasteiger partial charge in [0.1, 0.15) is 0 Å². The molecule has 4 aromatic rings. The third kappa shape index (κ3) is 4.33. The molecule has 0 unspecified atom stereocenters. The molecule has 0 saturated heterocycles. The van der Waals surface area contributed by atoms with Crippen LogP contribution in [0.1, 0.15) is 22.4 Å². The third-order valence-electron chi connectivity index (χ3n) is 5.24. The number of nitriles is 1. The molecular weight excluding hydrogens is 470 g/mol. The zero-order chi connectivity index (χ0) is 22.1. The maximum absolute atomic E-state index is 9.83. The highest BCUT2D eigenvalue weighted by Gasteiger charge is 2.15. The second-order valence-electron chi connectivity index (χ2n) is 7.15. The van der Waals surface area contributed by atoms with Gasteiger partial charge in [0.25, 0.3) is 0 Å². The molecule has 0 aliphatic heterocycles. The molecule has 0 bridgehead atoms. The summed E-state index contributed by atoms with van der Waals surface area (Å²) in [7, 11) is 0. The molecule has 0 spiro atoms. The molecule has 0 aliphatic carbocycles. The van der Waals surface area contributed by atoms with E-state index in [9.17, 15) is 5.26 Å². The van der Waals surface area contributed by atoms with Crippen LogP contribution in [0.3, 0.4) is 0 Å². The molecule has 0 fully saturated rings. The first-order chi connectivity index (χ1) is 14.9. The molecule has 0 aliphatic rings. The number of benzene rings is 3. The average molecular weight is 486 g/mol. The topological polar surface area (TPSA) is 28.7 Å². The van der Waals surface area contributed by atoms with Crippen LogP contribution in [0.4, 0.5) is 0 Å². The Morgan fingerprint density at radius 3 is 2.26 bits per heavy atom. The van der Waals surface area contributed by atoms with Crippen molar-refractivity contribution in [2.75, 3.05) is 0 Å². The van der Waals surface area contributed by atoms with Gasteiger partial charge < -0.3 is 4.57 Å². The summed E-state index contributed by atoms with van der Waals surface area (Å²) < 4.78 is 2.21. The van der Waals surface area contributed by atoms with Crippen LogP contribution in [0, 0.1) is 18.3 Å². The number of aromatic nitrogens is 1. The highest BCUT2D eigenvalue weighted by molar-refractivity contribution is 6.42. The highest BCUT2D eigenvalue weighted by atomic mass is 35.5. The van der Waals surface area contributed by atoms with Crippen LogP contribution in [-0.2, 0) is 6.54 Å². The second-order valence-corrected chi connectivity index (χ2v) is 8.78. The molecule has 0 saturated carbocycles. The number of hydrogen-bond acceptors (Lipinski definition) is 1. The van der Waals surface area contributed by atoms with E-state index in [-0.39, 0.29) is 0 Å². The molecule has 0 amide bonds. The van der Waals surface area contributed by atoms with E-state index in [1.807, 2.05) is 37.3 Å². The van der Waals surface area contributed by atoms with Gasteiger partial charge in [-0.15, -0.1) is 0 Å². The Labute approximate surface area is 200 Å². The van der Waals surface area contributed by atoms with Gasteiger partial charge in [0, 0.05) is 28.7 Å². The zero-order valence-electron chi connectivity index (χ0n) is 16.5. The summed E-state index contributed by atoms with van der Waals surface area (Å²) >= 11 is 24.5. The number of fused-ring (bicyclic) bond motifs is 1. The van der Waals surface area contributed by atoms with Crippen LogP contribution in [0.25, 0.3) is 22.6 Å². The Morgan fingerprint density at radius 1 is 0.903 bits per heavy atom. The van der Waals surface area contributed by atoms with E-state index in [2.05, 4.69) is 22.8 Å². The van der Waals surface area contributed by atoms with Gasteiger partial charge in [0.05, 0.1) is 31.7 Å². The molecule has 0 atom stereocenters. The fourth-order valence-corrected chi connectivity index (χ4v) is 4.27. The molecule has 3 aromatic carbocycles. The van der Waals surface area contributed by atoms with Crippen LogP contribution < -0.4 is 0 Å². The lowest BCUT2D eigenvalue weighted by atomic mass is 10.0. The van der Waals surface area contributed by atoms with Gasteiger partial charge in [0.15, 0.2) is 0 Å². The largest absolute Gasteiger partial charge is 0.340 e. The summed E-state index contributed by atoms with van der Waals surface area (Å²) in [4.78, 5) is 0. The van der Waals surface area contributed by atoms with Crippen LogP contribution in [0.15, 0.2) is 60.7 Å². The predicted octanol–water partition coefficient (Wildman–Crippen LogP) is 8.68. The van der Waals surface area contributed by atoms with Crippen molar-refractivity contribution < 1.29 is 0 Å². The lowest BCUT2D eigenvalue weighted by Crippen LogP contribution is -2.02. The van der Waals surface area contributed by atoms with Gasteiger partial charge in [-0.2, -0.15) is 5.26 Å². The minimum absolute atomic E-state index is 0.416. The first-order valence-electron chi connectivity index (χ1n) is 9.48. The zero-order valence-corrected chi connectivity index (χ0v) is 19.5. The normalized spacial score (nSPS) is 11.7. The molecule has 0 radical (unpaired) electrons. The maximum Gasteiger partial charge on any atom is 0.0998 e. The molecule has 31 heavy (non-hydrogen) atoms. The van der Waals surface area contributed by atoms with Gasteiger partial charge in [0.2, 0.25) is 0 Å². The van der Waals surface area contributed by atoms with Crippen molar-refractivity contribution in [3.8, 4) is 6.07 Å². The number of allylic oxidation sites excluding steroid dienone is 1. The lowest BCUT2D eigenvalue weighted by Gasteiger charge is -2.10. The molecular formula is C25H16Cl4N2. The number of rotatable bonds is 4. The van der Waals surface area contributed by atoms with E-state index in [0.717, 1.165) is 33.3 Å². The third-order valence-corrected chi connectivity index (χ3v) is 6.72. The Hall–Kier alpha value is -2.41. The minimum Gasteiger partial charge on any atom is -0.340 e. The summed E-state index contributed by atoms with van der Waals surface area (Å²) in [6.45, 7) is 2.68. The van der Waals surface area contributed by atoms with Crippen molar-refractivity contribution in [2.24, 2.45) is 0 Å². The Balaban J connectivity index is 1.86. The summed E-state index contributed by atoms with van der Waals surface area (Å²) in [6.07, 6.45) is 1.91. The van der Waals surface area contributed by atoms with E-state index in [1.54, 1.807) is 24.3 Å². The van der Waals surface area contributed by atoms with Gasteiger partial charge in [-0.25, -0.2) is 0 Å². The van der Waals surface area contributed by atoms with E-state index in [4.69, 9.17) is 46.4 Å². The van der Waals surface area contributed by atoms with Crippen LogP contribution in [0.2, 0.25) is 20.1 Å². The molecule has 1 aromatic heterocycles. The molecule has 4 rings (SSSR count). The van der Waals surface area contributed by atoms with E-state index in [1.165, 1.54) is 0 Å². The fourth-order valence-electron chi connectivity index (χ4n) is 3.65. The van der Waals surface area contributed by atoms with E-state index >= 15 is 0 Å². The first kappa shape index (κ1) is 21.8. The van der Waals surface area contributed by atoms with Crippen LogP contribution >= 0.6 is 46.4 Å². The van der Waals surface area contributed by atoms with Crippen molar-refractivity contribution >= 4 is 69.0 Å². The molecule has 154 valence electrons. The standard InChI is InChI=1S/C25H16Cl4N2/c1-15-20(11-18(13-30)17-7-9-22(27)24(29)12-17)19-4-2-3-5-25(19)31(15)14-16-6-8-21(26)23(28)10-16/h2-12H,14H2,1H3/b18-11+. The summed E-state index contributed by atoms with van der Waals surface area (Å²) in [6, 6.07) is 21.3. The lowest BCUT2D eigenvalue weighted by molar-refractivity contribution is 0.804. The average Bonchev–Trinajstić information content (AvgIpc) is 3.02. The van der Waals surface area contributed by atoms with Crippen molar-refractivity contribution in [1.82, 2.24) is 4.57 Å². The minimum atomic E-state index is 0.416. The number of hydrogen-bond donors (Lipinski definition) is 0. The Kier molecular flexibility index (Phi) is 6.32. The Bertz CT molecular complexity index is 1380. The second kappa shape index (κ2) is 8.99. The van der Waals surface area contributed by atoms with Crippen molar-refractivity contribution in [3.05, 3.63) is 103 Å². The van der Waals surface area contributed by atoms with Crippen molar-refractivity contribution in [3.63, 3.8) is 0 Å². The SMILES string of the molecule is Cc1c(/C=C(\C#N)c2ccc(Cl)c(Cl)c2)c2ccccc2n1Cc1ccc(Cl)c(Cl)c1. The van der Waals surface area contributed by atoms with Gasteiger partial charge in [-0.1, -0.05) is 76.7 Å². The monoisotopic (exact) mass is 484 g/mol. The summed E-state index contributed by atoms with van der Waals surface area (Å²) in [5.41, 5.74) is 5.37. The molecule has 1 heterocycles. The molecule has 6 heteroatoms. The summed E-state index contributed by atoms with van der Waals surface area (Å²) in [5, 5.41) is 12.8. The smallest absolute Gasteiger partial charge is 0.0998 e.